The van der Waals surface area contributed by atoms with Gasteiger partial charge in [-0.25, -0.2) is 14.3 Å². The van der Waals surface area contributed by atoms with Crippen molar-refractivity contribution in [1.29, 1.82) is 0 Å². The number of hydrogen-bond acceptors (Lipinski definition) is 15. The molecule has 4 N–H and O–H groups in total. The van der Waals surface area contributed by atoms with Gasteiger partial charge in [-0.1, -0.05) is 47.0 Å². The zero-order valence-electron chi connectivity index (χ0n) is 24.7. The molecule has 0 heterocycles. The molecule has 0 aliphatic heterocycles. The van der Waals surface area contributed by atoms with Gasteiger partial charge in [0.15, 0.2) is 0 Å². The predicted octanol–water partition coefficient (Wildman–Crippen LogP) is 2.27. The van der Waals surface area contributed by atoms with Gasteiger partial charge in [-0.2, -0.15) is 25.3 Å². The van der Waals surface area contributed by atoms with Crippen LogP contribution in [-0.2, 0) is 28.7 Å². The molecule has 2 unspecified atom stereocenters. The van der Waals surface area contributed by atoms with Crippen LogP contribution in [0.1, 0.15) is 20.7 Å². The second-order valence-electron chi connectivity index (χ2n) is 9.17. The Labute approximate surface area is 295 Å². The maximum absolute atomic E-state index is 12.9. The lowest BCUT2D eigenvalue weighted by Gasteiger charge is -2.18. The highest BCUT2D eigenvalue weighted by atomic mass is 33.1. The highest BCUT2D eigenvalue weighted by molar-refractivity contribution is 8.76. The first kappa shape index (κ1) is 39.9. The van der Waals surface area contributed by atoms with Crippen molar-refractivity contribution in [2.45, 2.75) is 24.2 Å². The Morgan fingerprint density at radius 3 is 1.61 bits per heavy atom. The zero-order valence-corrected chi connectivity index (χ0v) is 29.8. The van der Waals surface area contributed by atoms with E-state index >= 15 is 0 Å². The second kappa shape index (κ2) is 21.5. The third kappa shape index (κ3) is 13.1. The van der Waals surface area contributed by atoms with Crippen molar-refractivity contribution >= 4 is 107 Å². The number of carbonyl (C=O) groups is 6. The van der Waals surface area contributed by atoms with Crippen molar-refractivity contribution < 1.29 is 38.2 Å². The molecule has 12 nitrogen and oxygen atoms in total. The summed E-state index contributed by atoms with van der Waals surface area (Å²) >= 11 is 13.0. The lowest BCUT2D eigenvalue weighted by molar-refractivity contribution is -0.143. The first-order valence-corrected chi connectivity index (χ1v) is 18.4. The number of carbonyl (C=O) groups excluding carboxylic acids is 6. The Kier molecular flexibility index (Phi) is 18.7. The van der Waals surface area contributed by atoms with Crippen LogP contribution in [0.5, 0.6) is 0 Å². The highest BCUT2D eigenvalue weighted by Gasteiger charge is 2.24. The number of methoxy groups -OCH3 is 2. The molecule has 0 saturated heterocycles. The van der Waals surface area contributed by atoms with E-state index in [0.717, 1.165) is 29.4 Å². The molecule has 2 aromatic rings. The number of hydrogen-bond donors (Lipinski definition) is 7. The van der Waals surface area contributed by atoms with E-state index < -0.39 is 53.0 Å². The topological polar surface area (TPSA) is 169 Å². The van der Waals surface area contributed by atoms with Gasteiger partial charge in [-0.3, -0.25) is 19.1 Å². The van der Waals surface area contributed by atoms with E-state index in [9.17, 15) is 28.8 Å². The van der Waals surface area contributed by atoms with E-state index in [0.29, 0.717) is 16.9 Å². The Balaban J connectivity index is 2.00. The molecule has 46 heavy (non-hydrogen) atoms. The fraction of sp³-hybridized carbons (Fsp3) is 0.357. The predicted molar refractivity (Wildman–Crippen MR) is 193 cm³/mol. The quantitative estimate of drug-likeness (QED) is 0.0264. The number of benzene rings is 2. The molecule has 0 aliphatic rings. The summed E-state index contributed by atoms with van der Waals surface area (Å²) in [7, 11) is 4.85. The molecule has 0 spiro atoms. The molecule has 2 rings (SSSR count). The number of amides is 2. The second-order valence-corrected chi connectivity index (χ2v) is 13.4. The normalized spacial score (nSPS) is 13.4. The smallest absolute Gasteiger partial charge is 0.329 e. The monoisotopic (exact) mass is 746 g/mol. The molecular formula is C28H34N4O8S6. The molecule has 2 aromatic carbocycles. The minimum atomic E-state index is -0.982. The lowest BCUT2D eigenvalue weighted by atomic mass is 10.0. The van der Waals surface area contributed by atoms with Gasteiger partial charge in [-0.15, -0.1) is 12.6 Å². The number of ether oxygens (including phenoxy) is 2. The van der Waals surface area contributed by atoms with E-state index in [2.05, 4.69) is 58.0 Å². The van der Waals surface area contributed by atoms with Crippen molar-refractivity contribution in [3.05, 3.63) is 59.7 Å². The molecule has 0 aromatic heterocycles. The minimum absolute atomic E-state index is 0.0926. The van der Waals surface area contributed by atoms with Crippen LogP contribution < -0.4 is 20.1 Å². The molecule has 0 radical (unpaired) electrons. The SMILES string of the molecule is COC(=O)C(CSN[C@@H](CS)C(=O)S)NC(=O)c1ccc(-c2ccc(C(=O)NC(CSSN[C@H](C=O)CS)C(=O)OC)cc2)cc1. The van der Waals surface area contributed by atoms with Crippen LogP contribution in [0.2, 0.25) is 0 Å². The summed E-state index contributed by atoms with van der Waals surface area (Å²) in [6.45, 7) is 0. The number of aldehydes is 1. The van der Waals surface area contributed by atoms with E-state index in [4.69, 9.17) is 9.47 Å². The third-order valence-electron chi connectivity index (χ3n) is 6.02. The summed E-state index contributed by atoms with van der Waals surface area (Å²) in [5.41, 5.74) is 2.16. The first-order valence-electron chi connectivity index (χ1n) is 13.4. The summed E-state index contributed by atoms with van der Waals surface area (Å²) in [5.74, 6) is -1.41. The van der Waals surface area contributed by atoms with Crippen LogP contribution in [0.3, 0.4) is 0 Å². The molecule has 0 saturated carbocycles. The average Bonchev–Trinajstić information content (AvgIpc) is 3.08. The molecule has 4 atom stereocenters. The fourth-order valence-electron chi connectivity index (χ4n) is 3.44. The van der Waals surface area contributed by atoms with Crippen LogP contribution in [0, 0.1) is 0 Å². The summed E-state index contributed by atoms with van der Waals surface area (Å²) < 4.78 is 15.4. The first-order chi connectivity index (χ1) is 22.1. The summed E-state index contributed by atoms with van der Waals surface area (Å²) in [5, 5.41) is 4.91. The van der Waals surface area contributed by atoms with Gasteiger partial charge in [0.25, 0.3) is 11.8 Å². The van der Waals surface area contributed by atoms with Crippen LogP contribution in [0.25, 0.3) is 11.1 Å². The van der Waals surface area contributed by atoms with E-state index in [1.54, 1.807) is 48.5 Å². The van der Waals surface area contributed by atoms with Gasteiger partial charge in [0, 0.05) is 34.1 Å². The number of rotatable bonds is 20. The van der Waals surface area contributed by atoms with Gasteiger partial charge in [0.05, 0.1) is 26.3 Å². The molecule has 250 valence electrons. The van der Waals surface area contributed by atoms with Crippen molar-refractivity contribution in [3.63, 3.8) is 0 Å². The Bertz CT molecular complexity index is 1340. The fourth-order valence-corrected chi connectivity index (χ4v) is 7.32. The summed E-state index contributed by atoms with van der Waals surface area (Å²) in [4.78, 5) is 72.6. The van der Waals surface area contributed by atoms with E-state index in [1.807, 2.05) is 0 Å². The van der Waals surface area contributed by atoms with Crippen molar-refractivity contribution in [2.75, 3.05) is 37.2 Å². The number of esters is 2. The Morgan fingerprint density at radius 2 is 1.22 bits per heavy atom. The largest absolute Gasteiger partial charge is 0.467 e. The van der Waals surface area contributed by atoms with Crippen molar-refractivity contribution in [1.82, 2.24) is 20.1 Å². The molecule has 0 fully saturated rings. The number of nitrogens with one attached hydrogen (secondary N) is 4. The van der Waals surface area contributed by atoms with Crippen molar-refractivity contribution in [3.8, 4) is 11.1 Å². The van der Waals surface area contributed by atoms with Gasteiger partial charge in [0.2, 0.25) is 5.12 Å². The van der Waals surface area contributed by atoms with Crippen LogP contribution >= 0.6 is 71.6 Å². The highest BCUT2D eigenvalue weighted by Crippen LogP contribution is 2.22. The third-order valence-corrected chi connectivity index (χ3v) is 10.1. The molecule has 18 heteroatoms. The average molecular weight is 747 g/mol. The van der Waals surface area contributed by atoms with Crippen LogP contribution in [-0.4, -0.2) is 96.6 Å². The Hall–Kier alpha value is -2.32. The maximum atomic E-state index is 12.9. The van der Waals surface area contributed by atoms with Gasteiger partial charge >= 0.3 is 11.9 Å². The van der Waals surface area contributed by atoms with Gasteiger partial charge in [0.1, 0.15) is 18.4 Å². The van der Waals surface area contributed by atoms with E-state index in [-0.39, 0.29) is 17.3 Å². The summed E-state index contributed by atoms with van der Waals surface area (Å²) in [6.07, 6.45) is 0.731. The Morgan fingerprint density at radius 1 is 0.739 bits per heavy atom. The minimum Gasteiger partial charge on any atom is -0.467 e. The molecule has 0 bridgehead atoms. The molecule has 2 amide bonds. The summed E-state index contributed by atoms with van der Waals surface area (Å²) in [6, 6.07) is 10.3. The van der Waals surface area contributed by atoms with E-state index in [1.165, 1.54) is 36.0 Å². The van der Waals surface area contributed by atoms with Crippen LogP contribution in [0.15, 0.2) is 48.5 Å². The lowest BCUT2D eigenvalue weighted by Crippen LogP contribution is -2.44. The number of thiol groups is 3. The molecular weight excluding hydrogens is 713 g/mol. The standard InChI is InChI=1S/C28H34N4O8S6/c1-39-26(36)22(14-44-32-21(13-42)28(38)43)29-24(34)18-7-3-16(4-8-18)17-5-9-19(10-6-17)25(35)30-23(27(37)40-2)15-45-46-31-20(11-33)12-41/h3-11,20-23,31-32,41-42H,12-15H2,1-2H3,(H,29,34)(H,30,35)(H,38,43)/t20-,21+,22?,23?/m1/s1. The van der Waals surface area contributed by atoms with Gasteiger partial charge in [-0.05, 0) is 46.4 Å². The van der Waals surface area contributed by atoms with Gasteiger partial charge < -0.3 is 24.9 Å². The molecule has 0 aliphatic carbocycles. The van der Waals surface area contributed by atoms with Crippen molar-refractivity contribution in [2.24, 2.45) is 0 Å². The van der Waals surface area contributed by atoms with Crippen LogP contribution in [0.4, 0.5) is 0 Å². The maximum Gasteiger partial charge on any atom is 0.329 e. The zero-order chi connectivity index (χ0) is 34.1.